The molecule has 5 heteroatoms. The fourth-order valence-electron chi connectivity index (χ4n) is 2.06. The standard InChI is InChI=1S/C13H23N3OS/c1-9(2)10-11(13(3,4)14)18-12(15-10)16-5-7-17-8-6-16/h9H,5-8,14H2,1-4H3. The maximum atomic E-state index is 6.27. The molecule has 1 aromatic rings. The van der Waals surface area contributed by atoms with Crippen LogP contribution in [0.1, 0.15) is 44.2 Å². The molecule has 0 bridgehead atoms. The van der Waals surface area contributed by atoms with E-state index in [1.54, 1.807) is 11.3 Å². The summed E-state index contributed by atoms with van der Waals surface area (Å²) >= 11 is 1.74. The lowest BCUT2D eigenvalue weighted by molar-refractivity contribution is 0.122. The Balaban J connectivity index is 2.32. The van der Waals surface area contributed by atoms with Crippen LogP contribution in [-0.4, -0.2) is 31.3 Å². The van der Waals surface area contributed by atoms with Crippen molar-refractivity contribution in [3.63, 3.8) is 0 Å². The molecule has 102 valence electrons. The minimum absolute atomic E-state index is 0.318. The highest BCUT2D eigenvalue weighted by Gasteiger charge is 2.27. The Kier molecular flexibility index (Phi) is 3.94. The second kappa shape index (κ2) is 5.15. The van der Waals surface area contributed by atoms with Gasteiger partial charge in [0, 0.05) is 23.5 Å². The number of morpholine rings is 1. The fraction of sp³-hybridized carbons (Fsp3) is 0.769. The van der Waals surface area contributed by atoms with Crippen LogP contribution in [0.4, 0.5) is 5.13 Å². The highest BCUT2D eigenvalue weighted by atomic mass is 32.1. The fourth-order valence-corrected chi connectivity index (χ4v) is 3.35. The van der Waals surface area contributed by atoms with Crippen molar-refractivity contribution in [1.82, 2.24) is 4.98 Å². The lowest BCUT2D eigenvalue weighted by Crippen LogP contribution is -2.36. The highest BCUT2D eigenvalue weighted by Crippen LogP contribution is 2.36. The Labute approximate surface area is 113 Å². The summed E-state index contributed by atoms with van der Waals surface area (Å²) in [4.78, 5) is 8.32. The zero-order chi connectivity index (χ0) is 13.3. The Bertz CT molecular complexity index is 403. The molecule has 18 heavy (non-hydrogen) atoms. The molecule has 0 amide bonds. The molecule has 1 aromatic heterocycles. The molecule has 1 aliphatic heterocycles. The average molecular weight is 269 g/mol. The zero-order valence-corrected chi connectivity index (χ0v) is 12.5. The lowest BCUT2D eigenvalue weighted by atomic mass is 9.98. The largest absolute Gasteiger partial charge is 0.378 e. The van der Waals surface area contributed by atoms with Gasteiger partial charge in [-0.25, -0.2) is 4.98 Å². The van der Waals surface area contributed by atoms with E-state index in [1.807, 2.05) is 0 Å². The summed E-state index contributed by atoms with van der Waals surface area (Å²) in [6, 6.07) is 0. The molecule has 1 aliphatic rings. The van der Waals surface area contributed by atoms with E-state index in [0.717, 1.165) is 37.1 Å². The molecule has 4 nitrogen and oxygen atoms in total. The summed E-state index contributed by atoms with van der Waals surface area (Å²) in [5.41, 5.74) is 7.10. The molecule has 2 rings (SSSR count). The maximum absolute atomic E-state index is 6.27. The summed E-state index contributed by atoms with van der Waals surface area (Å²) in [6.07, 6.45) is 0. The van der Waals surface area contributed by atoms with Crippen molar-refractivity contribution >= 4 is 16.5 Å². The van der Waals surface area contributed by atoms with Gasteiger partial charge in [-0.1, -0.05) is 25.2 Å². The number of thiazole rings is 1. The minimum Gasteiger partial charge on any atom is -0.378 e. The van der Waals surface area contributed by atoms with Crippen LogP contribution in [0, 0.1) is 0 Å². The lowest BCUT2D eigenvalue weighted by Gasteiger charge is -2.26. The molecule has 2 N–H and O–H groups in total. The quantitative estimate of drug-likeness (QED) is 0.915. The first-order valence-electron chi connectivity index (χ1n) is 6.52. The summed E-state index contributed by atoms with van der Waals surface area (Å²) in [5.74, 6) is 0.411. The number of nitrogens with two attached hydrogens (primary N) is 1. The van der Waals surface area contributed by atoms with Crippen LogP contribution >= 0.6 is 11.3 Å². The van der Waals surface area contributed by atoms with E-state index in [4.69, 9.17) is 15.5 Å². The molecule has 0 atom stereocenters. The molecule has 0 saturated carbocycles. The molecular formula is C13H23N3OS. The van der Waals surface area contributed by atoms with Crippen molar-refractivity contribution in [3.8, 4) is 0 Å². The second-order valence-electron chi connectivity index (χ2n) is 5.69. The first-order valence-corrected chi connectivity index (χ1v) is 7.34. The third kappa shape index (κ3) is 2.84. The first kappa shape index (κ1) is 13.8. The molecule has 0 radical (unpaired) electrons. The SMILES string of the molecule is CC(C)c1nc(N2CCOCC2)sc1C(C)(C)N. The van der Waals surface area contributed by atoms with E-state index >= 15 is 0 Å². The molecule has 1 saturated heterocycles. The number of rotatable bonds is 3. The molecule has 2 heterocycles. The number of aromatic nitrogens is 1. The van der Waals surface area contributed by atoms with Crippen LogP contribution in [0.15, 0.2) is 0 Å². The summed E-state index contributed by atoms with van der Waals surface area (Å²) in [7, 11) is 0. The Hall–Kier alpha value is -0.650. The van der Waals surface area contributed by atoms with Crippen LogP contribution in [0.5, 0.6) is 0 Å². The van der Waals surface area contributed by atoms with Gasteiger partial charge in [-0.3, -0.25) is 0 Å². The number of hydrogen-bond donors (Lipinski definition) is 1. The van der Waals surface area contributed by atoms with Crippen LogP contribution in [0.3, 0.4) is 0 Å². The van der Waals surface area contributed by atoms with E-state index in [9.17, 15) is 0 Å². The second-order valence-corrected chi connectivity index (χ2v) is 6.66. The van der Waals surface area contributed by atoms with Crippen molar-refractivity contribution in [3.05, 3.63) is 10.6 Å². The van der Waals surface area contributed by atoms with Gasteiger partial charge < -0.3 is 15.4 Å². The molecule has 0 unspecified atom stereocenters. The Morgan fingerprint density at radius 1 is 1.33 bits per heavy atom. The summed E-state index contributed by atoms with van der Waals surface area (Å²) in [5, 5.41) is 1.09. The Morgan fingerprint density at radius 3 is 2.39 bits per heavy atom. The summed E-state index contributed by atoms with van der Waals surface area (Å²) in [6.45, 7) is 11.9. The Morgan fingerprint density at radius 2 is 1.94 bits per heavy atom. The summed E-state index contributed by atoms with van der Waals surface area (Å²) < 4.78 is 5.38. The van der Waals surface area contributed by atoms with Gasteiger partial charge in [0.25, 0.3) is 0 Å². The van der Waals surface area contributed by atoms with E-state index in [2.05, 4.69) is 32.6 Å². The van der Waals surface area contributed by atoms with Crippen LogP contribution in [-0.2, 0) is 10.3 Å². The number of hydrogen-bond acceptors (Lipinski definition) is 5. The molecule has 0 aromatic carbocycles. The van der Waals surface area contributed by atoms with E-state index in [0.29, 0.717) is 5.92 Å². The predicted octanol–water partition coefficient (Wildman–Crippen LogP) is 2.30. The van der Waals surface area contributed by atoms with Gasteiger partial charge in [-0.05, 0) is 19.8 Å². The highest BCUT2D eigenvalue weighted by molar-refractivity contribution is 7.15. The topological polar surface area (TPSA) is 51.4 Å². The predicted molar refractivity (Wildman–Crippen MR) is 76.4 cm³/mol. The van der Waals surface area contributed by atoms with Gasteiger partial charge >= 0.3 is 0 Å². The molecule has 0 spiro atoms. The van der Waals surface area contributed by atoms with Gasteiger partial charge in [0.05, 0.1) is 18.9 Å². The van der Waals surface area contributed by atoms with Crippen molar-refractivity contribution in [2.24, 2.45) is 5.73 Å². The van der Waals surface area contributed by atoms with Gasteiger partial charge in [-0.2, -0.15) is 0 Å². The zero-order valence-electron chi connectivity index (χ0n) is 11.7. The monoisotopic (exact) mass is 269 g/mol. The van der Waals surface area contributed by atoms with Gasteiger partial charge in [-0.15, -0.1) is 0 Å². The first-order chi connectivity index (χ1) is 8.39. The number of nitrogens with zero attached hydrogens (tertiary/aromatic N) is 2. The number of ether oxygens (including phenoxy) is 1. The normalized spacial score (nSPS) is 17.6. The van der Waals surface area contributed by atoms with Crippen LogP contribution in [0.25, 0.3) is 0 Å². The molecular weight excluding hydrogens is 246 g/mol. The molecule has 0 aliphatic carbocycles. The van der Waals surface area contributed by atoms with Crippen LogP contribution in [0.2, 0.25) is 0 Å². The van der Waals surface area contributed by atoms with Crippen LogP contribution < -0.4 is 10.6 Å². The van der Waals surface area contributed by atoms with E-state index < -0.39 is 0 Å². The van der Waals surface area contributed by atoms with Gasteiger partial charge in [0.2, 0.25) is 0 Å². The third-order valence-corrected chi connectivity index (χ3v) is 4.53. The van der Waals surface area contributed by atoms with E-state index in [-0.39, 0.29) is 5.54 Å². The van der Waals surface area contributed by atoms with Crippen molar-refractivity contribution in [1.29, 1.82) is 0 Å². The minimum atomic E-state index is -0.318. The van der Waals surface area contributed by atoms with E-state index in [1.165, 1.54) is 4.88 Å². The number of anilines is 1. The smallest absolute Gasteiger partial charge is 0.186 e. The maximum Gasteiger partial charge on any atom is 0.186 e. The van der Waals surface area contributed by atoms with Gasteiger partial charge in [0.15, 0.2) is 5.13 Å². The average Bonchev–Trinajstić information content (AvgIpc) is 2.74. The molecule has 1 fully saturated rings. The van der Waals surface area contributed by atoms with Crippen molar-refractivity contribution < 1.29 is 4.74 Å². The third-order valence-electron chi connectivity index (χ3n) is 3.06. The van der Waals surface area contributed by atoms with Gasteiger partial charge in [0.1, 0.15) is 0 Å². The van der Waals surface area contributed by atoms with Crippen molar-refractivity contribution in [2.45, 2.75) is 39.2 Å². The van der Waals surface area contributed by atoms with Crippen molar-refractivity contribution in [2.75, 3.05) is 31.2 Å².